The zero-order chi connectivity index (χ0) is 11.0. The average molecular weight is 234 g/mol. The minimum atomic E-state index is 0.613. The molecule has 2 N–H and O–H groups in total. The van der Waals surface area contributed by atoms with Crippen LogP contribution in [0.4, 0.5) is 0 Å². The summed E-state index contributed by atoms with van der Waals surface area (Å²) in [5.41, 5.74) is 6.63. The van der Waals surface area contributed by atoms with Gasteiger partial charge < -0.3 is 10.2 Å². The Hall–Kier alpha value is -1.66. The Morgan fingerprint density at radius 1 is 1.50 bits per heavy atom. The molecule has 0 spiro atoms. The van der Waals surface area contributed by atoms with E-state index in [2.05, 4.69) is 10.1 Å². The van der Waals surface area contributed by atoms with Gasteiger partial charge in [0.15, 0.2) is 5.76 Å². The molecular formula is C10H10N4OS. The smallest absolute Gasteiger partial charge is 0.218 e. The van der Waals surface area contributed by atoms with Crippen LogP contribution < -0.4 is 5.73 Å². The lowest BCUT2D eigenvalue weighted by molar-refractivity contribution is 0.577. The van der Waals surface area contributed by atoms with Crippen molar-refractivity contribution < 1.29 is 4.42 Å². The van der Waals surface area contributed by atoms with Crippen LogP contribution in [0.2, 0.25) is 0 Å². The molecule has 3 aromatic rings. The highest BCUT2D eigenvalue weighted by atomic mass is 32.1. The molecule has 3 rings (SSSR count). The third kappa shape index (κ3) is 1.43. The molecule has 0 atom stereocenters. The molecule has 0 saturated heterocycles. The molecule has 0 bridgehead atoms. The molecule has 0 fully saturated rings. The largest absolute Gasteiger partial charge is 0.461 e. The summed E-state index contributed by atoms with van der Waals surface area (Å²) in [7, 11) is 0. The number of hydrogen-bond donors (Lipinski definition) is 1. The third-order valence-electron chi connectivity index (χ3n) is 2.29. The summed E-state index contributed by atoms with van der Waals surface area (Å²) in [6.45, 7) is 0.613. The minimum absolute atomic E-state index is 0.613. The molecule has 0 aliphatic heterocycles. The topological polar surface area (TPSA) is 69.3 Å². The van der Waals surface area contributed by atoms with Crippen LogP contribution >= 0.6 is 11.3 Å². The predicted molar refractivity (Wildman–Crippen MR) is 61.3 cm³/mol. The predicted octanol–water partition coefficient (Wildman–Crippen LogP) is 1.55. The summed E-state index contributed by atoms with van der Waals surface area (Å²) in [5, 5.41) is 6.44. The van der Waals surface area contributed by atoms with E-state index in [1.165, 1.54) is 0 Å². The van der Waals surface area contributed by atoms with E-state index in [9.17, 15) is 0 Å². The summed E-state index contributed by atoms with van der Waals surface area (Å²) < 4.78 is 7.09. The van der Waals surface area contributed by atoms with E-state index in [-0.39, 0.29) is 0 Å². The van der Waals surface area contributed by atoms with Crippen LogP contribution in [0.3, 0.4) is 0 Å². The second kappa shape index (κ2) is 3.73. The zero-order valence-electron chi connectivity index (χ0n) is 8.46. The van der Waals surface area contributed by atoms with E-state index in [0.717, 1.165) is 17.1 Å². The zero-order valence-corrected chi connectivity index (χ0v) is 9.28. The van der Waals surface area contributed by atoms with E-state index in [4.69, 9.17) is 10.2 Å². The first-order valence-corrected chi connectivity index (χ1v) is 5.83. The Labute approximate surface area is 95.5 Å². The molecule has 0 amide bonds. The Morgan fingerprint density at radius 2 is 2.44 bits per heavy atom. The summed E-state index contributed by atoms with van der Waals surface area (Å²) >= 11 is 1.56. The lowest BCUT2D eigenvalue weighted by atomic mass is 10.3. The summed E-state index contributed by atoms with van der Waals surface area (Å²) in [6, 6.07) is 3.67. The lowest BCUT2D eigenvalue weighted by Crippen LogP contribution is -2.05. The van der Waals surface area contributed by atoms with Gasteiger partial charge in [0.05, 0.1) is 12.0 Å². The van der Waals surface area contributed by atoms with Crippen molar-refractivity contribution in [2.45, 2.75) is 6.42 Å². The van der Waals surface area contributed by atoms with Crippen LogP contribution in [0.15, 0.2) is 28.2 Å². The van der Waals surface area contributed by atoms with Gasteiger partial charge in [-0.25, -0.2) is 4.52 Å². The lowest BCUT2D eigenvalue weighted by Gasteiger charge is -1.92. The van der Waals surface area contributed by atoms with E-state index < -0.39 is 0 Å². The van der Waals surface area contributed by atoms with Crippen molar-refractivity contribution in [3.05, 3.63) is 29.5 Å². The van der Waals surface area contributed by atoms with Crippen molar-refractivity contribution in [3.63, 3.8) is 0 Å². The van der Waals surface area contributed by atoms with Crippen LogP contribution in [0, 0.1) is 0 Å². The minimum Gasteiger partial charge on any atom is -0.461 e. The van der Waals surface area contributed by atoms with Gasteiger partial charge in [-0.15, -0.1) is 16.4 Å². The molecule has 3 aromatic heterocycles. The third-order valence-corrected chi connectivity index (χ3v) is 3.16. The van der Waals surface area contributed by atoms with Crippen molar-refractivity contribution in [3.8, 4) is 11.6 Å². The molecular weight excluding hydrogens is 224 g/mol. The normalized spacial score (nSPS) is 11.3. The van der Waals surface area contributed by atoms with Crippen LogP contribution in [-0.2, 0) is 6.42 Å². The molecule has 16 heavy (non-hydrogen) atoms. The molecule has 0 aliphatic carbocycles. The second-order valence-electron chi connectivity index (χ2n) is 3.37. The van der Waals surface area contributed by atoms with Gasteiger partial charge in [-0.3, -0.25) is 0 Å². The van der Waals surface area contributed by atoms with Gasteiger partial charge in [0.25, 0.3) is 0 Å². The Kier molecular flexibility index (Phi) is 2.23. The molecule has 0 aromatic carbocycles. The van der Waals surface area contributed by atoms with Crippen molar-refractivity contribution in [1.82, 2.24) is 14.6 Å². The standard InChI is InChI=1S/C10H10N4OS/c11-4-3-7-6-16-10-12-9(13-14(7)10)8-2-1-5-15-8/h1-2,5-6H,3-4,11H2. The molecule has 82 valence electrons. The molecule has 0 aliphatic rings. The molecule has 0 radical (unpaired) electrons. The number of hydrogen-bond acceptors (Lipinski definition) is 5. The first-order chi connectivity index (χ1) is 7.88. The fourth-order valence-electron chi connectivity index (χ4n) is 1.55. The first kappa shape index (κ1) is 9.56. The van der Waals surface area contributed by atoms with Crippen LogP contribution in [-0.4, -0.2) is 21.1 Å². The van der Waals surface area contributed by atoms with Crippen molar-refractivity contribution in [2.75, 3.05) is 6.54 Å². The average Bonchev–Trinajstić information content (AvgIpc) is 2.93. The highest BCUT2D eigenvalue weighted by molar-refractivity contribution is 7.15. The maximum absolute atomic E-state index is 5.54. The molecule has 0 saturated carbocycles. The maximum atomic E-state index is 5.54. The number of thiazole rings is 1. The Bertz CT molecular complexity index is 595. The number of nitrogens with two attached hydrogens (primary N) is 1. The monoisotopic (exact) mass is 234 g/mol. The molecule has 3 heterocycles. The van der Waals surface area contributed by atoms with Gasteiger partial charge in [-0.2, -0.15) is 4.98 Å². The van der Waals surface area contributed by atoms with E-state index in [1.54, 1.807) is 17.6 Å². The van der Waals surface area contributed by atoms with Gasteiger partial charge >= 0.3 is 0 Å². The number of furan rings is 1. The van der Waals surface area contributed by atoms with Gasteiger partial charge in [0.1, 0.15) is 0 Å². The summed E-state index contributed by atoms with van der Waals surface area (Å²) in [6.07, 6.45) is 2.42. The van der Waals surface area contributed by atoms with E-state index in [1.807, 2.05) is 22.0 Å². The number of rotatable bonds is 3. The van der Waals surface area contributed by atoms with Crippen LogP contribution in [0.1, 0.15) is 5.69 Å². The molecule has 5 nitrogen and oxygen atoms in total. The fourth-order valence-corrected chi connectivity index (χ4v) is 2.41. The first-order valence-electron chi connectivity index (χ1n) is 4.95. The van der Waals surface area contributed by atoms with Crippen molar-refractivity contribution in [1.29, 1.82) is 0 Å². The quantitative estimate of drug-likeness (QED) is 0.746. The van der Waals surface area contributed by atoms with Gasteiger partial charge in [0.2, 0.25) is 10.8 Å². The highest BCUT2D eigenvalue weighted by Crippen LogP contribution is 2.20. The SMILES string of the molecule is NCCc1csc2nc(-c3ccco3)nn12. The summed E-state index contributed by atoms with van der Waals surface area (Å²) in [5.74, 6) is 1.31. The van der Waals surface area contributed by atoms with Crippen LogP contribution in [0.25, 0.3) is 16.5 Å². The van der Waals surface area contributed by atoms with Gasteiger partial charge in [0, 0.05) is 11.8 Å². The Balaban J connectivity index is 2.09. The van der Waals surface area contributed by atoms with Gasteiger partial charge in [-0.1, -0.05) is 0 Å². The number of aromatic nitrogens is 3. The summed E-state index contributed by atoms with van der Waals surface area (Å²) in [4.78, 5) is 5.26. The van der Waals surface area contributed by atoms with E-state index in [0.29, 0.717) is 18.1 Å². The fraction of sp³-hybridized carbons (Fsp3) is 0.200. The Morgan fingerprint density at radius 3 is 3.19 bits per heavy atom. The maximum Gasteiger partial charge on any atom is 0.218 e. The van der Waals surface area contributed by atoms with Crippen LogP contribution in [0.5, 0.6) is 0 Å². The van der Waals surface area contributed by atoms with Crippen molar-refractivity contribution >= 4 is 16.3 Å². The highest BCUT2D eigenvalue weighted by Gasteiger charge is 2.12. The van der Waals surface area contributed by atoms with Gasteiger partial charge in [-0.05, 0) is 18.7 Å². The number of nitrogens with zero attached hydrogens (tertiary/aromatic N) is 3. The van der Waals surface area contributed by atoms with E-state index >= 15 is 0 Å². The molecule has 6 heteroatoms. The molecule has 0 unspecified atom stereocenters. The second-order valence-corrected chi connectivity index (χ2v) is 4.21. The van der Waals surface area contributed by atoms with Crippen molar-refractivity contribution in [2.24, 2.45) is 5.73 Å². The number of fused-ring (bicyclic) bond motifs is 1.